The fourth-order valence-corrected chi connectivity index (χ4v) is 1.71. The molecule has 0 unspecified atom stereocenters. The second-order valence-corrected chi connectivity index (χ2v) is 4.16. The van der Waals surface area contributed by atoms with Crippen molar-refractivity contribution in [2.45, 2.75) is 0 Å². The fraction of sp³-hybridized carbons (Fsp3) is 0. The van der Waals surface area contributed by atoms with E-state index < -0.39 is 0 Å². The van der Waals surface area contributed by atoms with E-state index in [0.29, 0.717) is 26.8 Å². The largest absolute Gasteiger partial charge is 0.463 e. The van der Waals surface area contributed by atoms with Gasteiger partial charge in [0.15, 0.2) is 6.29 Å². The maximum absolute atomic E-state index is 11.7. The molecule has 0 fully saturated rings. The minimum atomic E-state index is -0.374. The lowest BCUT2D eigenvalue weighted by Crippen LogP contribution is -2.07. The van der Waals surface area contributed by atoms with E-state index in [1.165, 1.54) is 6.07 Å². The summed E-state index contributed by atoms with van der Waals surface area (Å²) in [5.74, 6) is 0. The third kappa shape index (κ3) is 1.70. The first-order chi connectivity index (χ1) is 7.13. The smallest absolute Gasteiger partial charge is 0.203 e. The molecule has 0 aliphatic heterocycles. The zero-order chi connectivity index (χ0) is 11.0. The Morgan fingerprint density at radius 1 is 1.40 bits per heavy atom. The van der Waals surface area contributed by atoms with Crippen LogP contribution in [0.3, 0.4) is 0 Å². The van der Waals surface area contributed by atoms with E-state index in [0.717, 1.165) is 6.26 Å². The summed E-state index contributed by atoms with van der Waals surface area (Å²) >= 11 is 9.05. The lowest BCUT2D eigenvalue weighted by atomic mass is 10.2. The molecule has 1 heterocycles. The molecule has 0 atom stereocenters. The highest BCUT2D eigenvalue weighted by Gasteiger charge is 2.08. The van der Waals surface area contributed by atoms with Gasteiger partial charge in [0.2, 0.25) is 5.43 Å². The summed E-state index contributed by atoms with van der Waals surface area (Å²) in [5, 5.41) is 0.700. The van der Waals surface area contributed by atoms with Crippen LogP contribution in [0, 0.1) is 0 Å². The average molecular weight is 287 g/mol. The Morgan fingerprint density at radius 3 is 2.80 bits per heavy atom. The Bertz CT molecular complexity index is 603. The molecule has 3 nitrogen and oxygen atoms in total. The monoisotopic (exact) mass is 286 g/mol. The number of benzene rings is 1. The lowest BCUT2D eigenvalue weighted by molar-refractivity contribution is 0.112. The summed E-state index contributed by atoms with van der Waals surface area (Å²) in [6.07, 6.45) is 1.60. The second-order valence-electron chi connectivity index (χ2n) is 2.90. The summed E-state index contributed by atoms with van der Waals surface area (Å²) in [5.41, 5.74) is 0.00316. The Balaban J connectivity index is 2.94. The Hall–Kier alpha value is -1.13. The lowest BCUT2D eigenvalue weighted by Gasteiger charge is -2.00. The molecule has 76 valence electrons. The molecule has 2 aromatic rings. The quantitative estimate of drug-likeness (QED) is 0.757. The molecule has 0 N–H and O–H groups in total. The van der Waals surface area contributed by atoms with Crippen LogP contribution in [-0.4, -0.2) is 6.29 Å². The first-order valence-electron chi connectivity index (χ1n) is 3.99. The molecule has 0 amide bonds. The van der Waals surface area contributed by atoms with Gasteiger partial charge >= 0.3 is 0 Å². The van der Waals surface area contributed by atoms with Crippen molar-refractivity contribution in [3.63, 3.8) is 0 Å². The van der Waals surface area contributed by atoms with Crippen molar-refractivity contribution in [3.8, 4) is 0 Å². The van der Waals surface area contributed by atoms with Crippen LogP contribution in [0.2, 0.25) is 5.02 Å². The second kappa shape index (κ2) is 3.79. The van der Waals surface area contributed by atoms with Crippen LogP contribution in [0.25, 0.3) is 11.0 Å². The van der Waals surface area contributed by atoms with Crippen molar-refractivity contribution < 1.29 is 9.21 Å². The summed E-state index contributed by atoms with van der Waals surface area (Å²) in [6.45, 7) is 0. The number of carbonyl (C=O) groups is 1. The predicted molar refractivity (Wildman–Crippen MR) is 60.6 cm³/mol. The van der Waals surface area contributed by atoms with Gasteiger partial charge in [-0.15, -0.1) is 0 Å². The van der Waals surface area contributed by atoms with E-state index >= 15 is 0 Å². The normalized spacial score (nSPS) is 10.5. The Morgan fingerprint density at radius 2 is 2.13 bits per heavy atom. The third-order valence-electron chi connectivity index (χ3n) is 1.97. The van der Waals surface area contributed by atoms with Crippen LogP contribution < -0.4 is 5.43 Å². The van der Waals surface area contributed by atoms with Gasteiger partial charge in [0, 0.05) is 4.47 Å². The first kappa shape index (κ1) is 10.4. The SMILES string of the molecule is O=Cc1coc2cc(Br)c(Cl)cc2c1=O. The van der Waals surface area contributed by atoms with Crippen molar-refractivity contribution in [3.05, 3.63) is 43.7 Å². The van der Waals surface area contributed by atoms with E-state index in [9.17, 15) is 9.59 Å². The van der Waals surface area contributed by atoms with E-state index in [1.807, 2.05) is 0 Å². The van der Waals surface area contributed by atoms with Crippen molar-refractivity contribution in [1.82, 2.24) is 0 Å². The van der Waals surface area contributed by atoms with Gasteiger partial charge in [0.25, 0.3) is 0 Å². The van der Waals surface area contributed by atoms with Crippen LogP contribution in [0.5, 0.6) is 0 Å². The van der Waals surface area contributed by atoms with Crippen molar-refractivity contribution in [1.29, 1.82) is 0 Å². The summed E-state index contributed by atoms with van der Waals surface area (Å²) in [4.78, 5) is 22.2. The predicted octanol–water partition coefficient (Wildman–Crippen LogP) is 3.02. The molecule has 0 radical (unpaired) electrons. The average Bonchev–Trinajstić information content (AvgIpc) is 2.22. The first-order valence-corrected chi connectivity index (χ1v) is 5.16. The van der Waals surface area contributed by atoms with Crippen molar-refractivity contribution >= 4 is 44.8 Å². The Labute approximate surface area is 97.8 Å². The summed E-state index contributed by atoms with van der Waals surface area (Å²) < 4.78 is 5.77. The number of halogens is 2. The maximum atomic E-state index is 11.7. The van der Waals surface area contributed by atoms with Crippen LogP contribution in [0.4, 0.5) is 0 Å². The molecule has 1 aromatic carbocycles. The van der Waals surface area contributed by atoms with Gasteiger partial charge in [0.1, 0.15) is 11.8 Å². The van der Waals surface area contributed by atoms with Gasteiger partial charge in [0.05, 0.1) is 16.0 Å². The molecule has 15 heavy (non-hydrogen) atoms. The van der Waals surface area contributed by atoms with E-state index in [-0.39, 0.29) is 11.0 Å². The van der Waals surface area contributed by atoms with Crippen LogP contribution in [0.15, 0.2) is 32.1 Å². The van der Waals surface area contributed by atoms with Crippen molar-refractivity contribution in [2.24, 2.45) is 0 Å². The molecule has 0 aliphatic rings. The zero-order valence-corrected chi connectivity index (χ0v) is 9.63. The van der Waals surface area contributed by atoms with Gasteiger partial charge < -0.3 is 4.42 Å². The molecule has 1 aromatic heterocycles. The van der Waals surface area contributed by atoms with Gasteiger partial charge in [-0.25, -0.2) is 0 Å². The van der Waals surface area contributed by atoms with E-state index in [4.69, 9.17) is 16.0 Å². The van der Waals surface area contributed by atoms with Gasteiger partial charge in [-0.2, -0.15) is 0 Å². The maximum Gasteiger partial charge on any atom is 0.203 e. The van der Waals surface area contributed by atoms with Crippen LogP contribution >= 0.6 is 27.5 Å². The minimum absolute atomic E-state index is 0.0131. The molecule has 0 spiro atoms. The number of carbonyl (C=O) groups excluding carboxylic acids is 1. The number of hydrogen-bond acceptors (Lipinski definition) is 3. The van der Waals surface area contributed by atoms with E-state index in [2.05, 4.69) is 15.9 Å². The van der Waals surface area contributed by atoms with Gasteiger partial charge in [-0.3, -0.25) is 9.59 Å². The molecule has 0 bridgehead atoms. The number of fused-ring (bicyclic) bond motifs is 1. The summed E-state index contributed by atoms with van der Waals surface area (Å²) in [6, 6.07) is 3.06. The zero-order valence-electron chi connectivity index (χ0n) is 7.29. The van der Waals surface area contributed by atoms with Gasteiger partial charge in [-0.05, 0) is 28.1 Å². The standard InChI is InChI=1S/C10H4BrClO3/c11-7-2-9-6(1-8(7)12)10(14)5(3-13)4-15-9/h1-4H. The molecule has 2 rings (SSSR count). The molecule has 0 aliphatic carbocycles. The molecular formula is C10H4BrClO3. The third-order valence-corrected chi connectivity index (χ3v) is 3.17. The molecule has 0 saturated heterocycles. The minimum Gasteiger partial charge on any atom is -0.463 e. The Kier molecular flexibility index (Phi) is 2.63. The highest BCUT2D eigenvalue weighted by Crippen LogP contribution is 2.26. The number of hydrogen-bond donors (Lipinski definition) is 0. The highest BCUT2D eigenvalue weighted by atomic mass is 79.9. The number of rotatable bonds is 1. The molecular weight excluding hydrogens is 283 g/mol. The topological polar surface area (TPSA) is 47.3 Å². The van der Waals surface area contributed by atoms with Gasteiger partial charge in [-0.1, -0.05) is 11.6 Å². The fourth-order valence-electron chi connectivity index (χ4n) is 1.22. The molecule has 5 heteroatoms. The summed E-state index contributed by atoms with van der Waals surface area (Å²) in [7, 11) is 0. The van der Waals surface area contributed by atoms with Crippen LogP contribution in [-0.2, 0) is 0 Å². The highest BCUT2D eigenvalue weighted by molar-refractivity contribution is 9.10. The van der Waals surface area contributed by atoms with Crippen LogP contribution in [0.1, 0.15) is 10.4 Å². The number of aldehydes is 1. The molecule has 0 saturated carbocycles. The van der Waals surface area contributed by atoms with E-state index in [1.54, 1.807) is 6.07 Å². The van der Waals surface area contributed by atoms with Crippen molar-refractivity contribution in [2.75, 3.05) is 0 Å².